The number of fused-ring (bicyclic) bond motifs is 1. The van der Waals surface area contributed by atoms with Crippen molar-refractivity contribution in [3.8, 4) is 0 Å². The molecule has 2 heterocycles. The van der Waals surface area contributed by atoms with Crippen molar-refractivity contribution in [1.29, 1.82) is 0 Å². The van der Waals surface area contributed by atoms with Crippen LogP contribution in [0.25, 0.3) is 0 Å². The lowest BCUT2D eigenvalue weighted by molar-refractivity contribution is -0.136. The van der Waals surface area contributed by atoms with Gasteiger partial charge in [0, 0.05) is 32.1 Å². The van der Waals surface area contributed by atoms with E-state index in [1.54, 1.807) is 12.1 Å². The maximum atomic E-state index is 13.0. The van der Waals surface area contributed by atoms with Crippen molar-refractivity contribution >= 4 is 47.6 Å². The van der Waals surface area contributed by atoms with Crippen molar-refractivity contribution in [3.63, 3.8) is 0 Å². The van der Waals surface area contributed by atoms with E-state index in [2.05, 4.69) is 21.3 Å². The summed E-state index contributed by atoms with van der Waals surface area (Å²) in [7, 11) is 1.54. The zero-order chi connectivity index (χ0) is 25.3. The largest absolute Gasteiger partial charge is 0.483 e. The maximum absolute atomic E-state index is 13.0. The van der Waals surface area contributed by atoms with Crippen molar-refractivity contribution in [2.45, 2.75) is 31.7 Å². The molecule has 1 saturated heterocycles. The standard InChI is InChI=1S/C20H23N5O6.CH2O2/c1-21-14(26)6-3-9-22-16(28)10-23-12-5-2-4-11-17(12)20(31)25(19(11)30)13-7-8-15(27)24-18(13)29;2-1-3/h2,4-5,13,23H,3,6-10H2,1H3,(H,21,26)(H,22,28)(H,24,27,29);1H,(H,2,3). The quantitative estimate of drug-likeness (QED) is 0.175. The number of carbonyl (C=O) groups excluding carboxylic acids is 6. The Bertz CT molecular complexity index is 1010. The van der Waals surface area contributed by atoms with Crippen molar-refractivity contribution in [2.24, 2.45) is 0 Å². The molecule has 13 nitrogen and oxygen atoms in total. The Balaban J connectivity index is 0.00000129. The summed E-state index contributed by atoms with van der Waals surface area (Å²) in [6.45, 7) is -0.0716. The van der Waals surface area contributed by atoms with E-state index >= 15 is 0 Å². The molecule has 1 atom stereocenters. The Labute approximate surface area is 194 Å². The van der Waals surface area contributed by atoms with Crippen LogP contribution in [0.4, 0.5) is 5.69 Å². The number of nitrogens with one attached hydrogen (secondary N) is 4. The lowest BCUT2D eigenvalue weighted by atomic mass is 10.0. The fourth-order valence-corrected chi connectivity index (χ4v) is 3.50. The molecule has 34 heavy (non-hydrogen) atoms. The third-order valence-corrected chi connectivity index (χ3v) is 5.09. The van der Waals surface area contributed by atoms with Crippen LogP contribution in [0.3, 0.4) is 0 Å². The highest BCUT2D eigenvalue weighted by Gasteiger charge is 2.45. The zero-order valence-electron chi connectivity index (χ0n) is 18.4. The minimum atomic E-state index is -1.05. The predicted molar refractivity (Wildman–Crippen MR) is 117 cm³/mol. The van der Waals surface area contributed by atoms with Gasteiger partial charge in [0.25, 0.3) is 18.3 Å². The smallest absolute Gasteiger partial charge is 0.290 e. The molecule has 1 aromatic carbocycles. The van der Waals surface area contributed by atoms with E-state index in [-0.39, 0.29) is 48.8 Å². The number of imide groups is 2. The third-order valence-electron chi connectivity index (χ3n) is 5.09. The molecule has 0 radical (unpaired) electrons. The summed E-state index contributed by atoms with van der Waals surface area (Å²) in [5, 5.41) is 17.0. The van der Waals surface area contributed by atoms with E-state index in [9.17, 15) is 28.8 Å². The molecule has 182 valence electrons. The van der Waals surface area contributed by atoms with Crippen LogP contribution in [0, 0.1) is 0 Å². The van der Waals surface area contributed by atoms with Gasteiger partial charge in [0.15, 0.2) is 0 Å². The van der Waals surface area contributed by atoms with Gasteiger partial charge in [-0.2, -0.15) is 0 Å². The minimum Gasteiger partial charge on any atom is -0.483 e. The maximum Gasteiger partial charge on any atom is 0.290 e. The molecule has 13 heteroatoms. The number of rotatable bonds is 8. The lowest BCUT2D eigenvalue weighted by Gasteiger charge is -2.27. The number of carbonyl (C=O) groups is 7. The summed E-state index contributed by atoms with van der Waals surface area (Å²) in [4.78, 5) is 81.7. The summed E-state index contributed by atoms with van der Waals surface area (Å²) in [6, 6.07) is 3.56. The van der Waals surface area contributed by atoms with Crippen LogP contribution < -0.4 is 21.3 Å². The van der Waals surface area contributed by atoms with E-state index < -0.39 is 29.7 Å². The summed E-state index contributed by atoms with van der Waals surface area (Å²) in [5.41, 5.74) is 0.515. The van der Waals surface area contributed by atoms with Gasteiger partial charge in [-0.25, -0.2) is 0 Å². The van der Waals surface area contributed by atoms with Crippen LogP contribution in [0.2, 0.25) is 0 Å². The molecule has 0 aromatic heterocycles. The van der Waals surface area contributed by atoms with Crippen LogP contribution in [0.15, 0.2) is 18.2 Å². The molecule has 0 spiro atoms. The second-order valence-electron chi connectivity index (χ2n) is 7.26. The first-order valence-corrected chi connectivity index (χ1v) is 10.4. The van der Waals surface area contributed by atoms with Crippen LogP contribution in [-0.2, 0) is 24.0 Å². The van der Waals surface area contributed by atoms with Gasteiger partial charge in [-0.05, 0) is 25.0 Å². The van der Waals surface area contributed by atoms with Crippen LogP contribution in [0.1, 0.15) is 46.4 Å². The number of anilines is 1. The molecule has 5 N–H and O–H groups in total. The predicted octanol–water partition coefficient (Wildman–Crippen LogP) is -1.16. The van der Waals surface area contributed by atoms with Gasteiger partial charge < -0.3 is 21.1 Å². The first-order chi connectivity index (χ1) is 16.2. The van der Waals surface area contributed by atoms with Gasteiger partial charge in [0.1, 0.15) is 6.04 Å². The average Bonchev–Trinajstić information content (AvgIpc) is 3.06. The number of hydrogen-bond donors (Lipinski definition) is 5. The minimum absolute atomic E-state index is 0.0367. The zero-order valence-corrected chi connectivity index (χ0v) is 18.4. The highest BCUT2D eigenvalue weighted by Crippen LogP contribution is 2.32. The number of piperidine rings is 1. The van der Waals surface area contributed by atoms with Crippen molar-refractivity contribution in [2.75, 3.05) is 25.5 Å². The fraction of sp³-hybridized carbons (Fsp3) is 0.381. The molecule has 3 rings (SSSR count). The van der Waals surface area contributed by atoms with Gasteiger partial charge in [-0.15, -0.1) is 0 Å². The lowest BCUT2D eigenvalue weighted by Crippen LogP contribution is -2.54. The number of carboxylic acid groups (broad SMARTS) is 1. The van der Waals surface area contributed by atoms with E-state index in [1.165, 1.54) is 13.1 Å². The van der Waals surface area contributed by atoms with Crippen LogP contribution in [-0.4, -0.2) is 78.1 Å². The molecule has 2 aliphatic rings. The van der Waals surface area contributed by atoms with E-state index in [1.807, 2.05) is 0 Å². The van der Waals surface area contributed by atoms with Gasteiger partial charge in [-0.3, -0.25) is 43.8 Å². The SMILES string of the molecule is CNC(=O)CCCNC(=O)CNc1cccc2c1C(=O)N(C1CCC(=O)NC1=O)C2=O.O=CO. The number of hydrogen-bond acceptors (Lipinski definition) is 8. The Morgan fingerprint density at radius 1 is 1.18 bits per heavy atom. The Morgan fingerprint density at radius 3 is 2.53 bits per heavy atom. The van der Waals surface area contributed by atoms with Crippen molar-refractivity contribution in [3.05, 3.63) is 29.3 Å². The Hall–Kier alpha value is -4.29. The first kappa shape index (κ1) is 26.0. The van der Waals surface area contributed by atoms with Gasteiger partial charge >= 0.3 is 0 Å². The van der Waals surface area contributed by atoms with Gasteiger partial charge in [0.05, 0.1) is 17.7 Å². The van der Waals surface area contributed by atoms with Crippen LogP contribution >= 0.6 is 0 Å². The topological polar surface area (TPSA) is 191 Å². The first-order valence-electron chi connectivity index (χ1n) is 10.4. The second kappa shape index (κ2) is 12.1. The molecule has 1 fully saturated rings. The van der Waals surface area contributed by atoms with E-state index in [0.29, 0.717) is 25.1 Å². The summed E-state index contributed by atoms with van der Waals surface area (Å²) >= 11 is 0. The van der Waals surface area contributed by atoms with Crippen molar-refractivity contribution < 1.29 is 38.7 Å². The normalized spacial score (nSPS) is 16.6. The fourth-order valence-electron chi connectivity index (χ4n) is 3.50. The number of amides is 6. The summed E-state index contributed by atoms with van der Waals surface area (Å²) in [6.07, 6.45) is 0.885. The molecular weight excluding hydrogens is 450 g/mol. The number of nitrogens with zero attached hydrogens (tertiary/aromatic N) is 1. The molecule has 1 unspecified atom stereocenters. The molecule has 6 amide bonds. The second-order valence-corrected chi connectivity index (χ2v) is 7.26. The van der Waals surface area contributed by atoms with E-state index in [4.69, 9.17) is 9.90 Å². The average molecular weight is 475 g/mol. The highest BCUT2D eigenvalue weighted by molar-refractivity contribution is 6.25. The highest BCUT2D eigenvalue weighted by atomic mass is 16.3. The third kappa shape index (κ3) is 6.15. The summed E-state index contributed by atoms with van der Waals surface area (Å²) < 4.78 is 0. The van der Waals surface area contributed by atoms with Gasteiger partial charge in [0.2, 0.25) is 23.6 Å². The van der Waals surface area contributed by atoms with Crippen molar-refractivity contribution in [1.82, 2.24) is 20.9 Å². The van der Waals surface area contributed by atoms with Crippen LogP contribution in [0.5, 0.6) is 0 Å². The monoisotopic (exact) mass is 475 g/mol. The molecular formula is C21H25N5O8. The van der Waals surface area contributed by atoms with Gasteiger partial charge in [-0.1, -0.05) is 6.07 Å². The Morgan fingerprint density at radius 2 is 1.88 bits per heavy atom. The van der Waals surface area contributed by atoms with E-state index in [0.717, 1.165) is 4.90 Å². The number of benzene rings is 1. The summed E-state index contributed by atoms with van der Waals surface area (Å²) in [5.74, 6) is -2.84. The molecule has 1 aromatic rings. The Kier molecular flexibility index (Phi) is 9.23. The molecule has 0 aliphatic carbocycles. The molecule has 0 bridgehead atoms. The molecule has 2 aliphatic heterocycles. The molecule has 0 saturated carbocycles.